The molecule has 7 heteroatoms. The van der Waals surface area contributed by atoms with Gasteiger partial charge >= 0.3 is 6.16 Å². The molecular formula is C21H40N2O5. The molecule has 0 bridgehead atoms. The van der Waals surface area contributed by atoms with Crippen molar-refractivity contribution in [1.29, 1.82) is 0 Å². The van der Waals surface area contributed by atoms with E-state index in [4.69, 9.17) is 19.1 Å². The van der Waals surface area contributed by atoms with Gasteiger partial charge in [-0.3, -0.25) is 0 Å². The number of hydroxylamine groups is 4. The molecule has 0 radical (unpaired) electrons. The van der Waals surface area contributed by atoms with Gasteiger partial charge in [-0.25, -0.2) is 4.79 Å². The first-order chi connectivity index (χ1) is 12.6. The molecule has 2 aliphatic heterocycles. The molecule has 28 heavy (non-hydrogen) atoms. The van der Waals surface area contributed by atoms with Gasteiger partial charge in [0.05, 0.1) is 14.2 Å². The van der Waals surface area contributed by atoms with Crippen LogP contribution >= 0.6 is 0 Å². The van der Waals surface area contributed by atoms with E-state index in [9.17, 15) is 4.79 Å². The number of carbonyl (C=O) groups is 1. The Morgan fingerprint density at radius 2 is 0.893 bits per heavy atom. The standard InChI is InChI=1S/C21H40N2O5/c1-18(2)11-15(12-19(3,4)22(18)25-9)27-17(24)28-16-13-20(5,6)23(26-10)21(7,8)14-16/h15-16H,11-14H2,1-10H3. The topological polar surface area (TPSA) is 60.5 Å². The van der Waals surface area contributed by atoms with Gasteiger partial charge < -0.3 is 19.1 Å². The Hall–Kier alpha value is -0.890. The lowest BCUT2D eigenvalue weighted by molar-refractivity contribution is -0.281. The average molecular weight is 401 g/mol. The minimum atomic E-state index is -0.579. The summed E-state index contributed by atoms with van der Waals surface area (Å²) in [5, 5.41) is 3.99. The Morgan fingerprint density at radius 3 is 1.11 bits per heavy atom. The highest BCUT2D eigenvalue weighted by atomic mass is 16.7. The van der Waals surface area contributed by atoms with Gasteiger partial charge in [-0.15, -0.1) is 0 Å². The van der Waals surface area contributed by atoms with Crippen LogP contribution in [-0.2, 0) is 19.1 Å². The Labute approximate surface area is 170 Å². The molecule has 2 saturated heterocycles. The molecule has 0 saturated carbocycles. The van der Waals surface area contributed by atoms with E-state index in [0.29, 0.717) is 25.7 Å². The molecule has 164 valence electrons. The third-order valence-corrected chi connectivity index (χ3v) is 6.00. The second-order valence-corrected chi connectivity index (χ2v) is 10.7. The zero-order chi connectivity index (χ0) is 21.5. The van der Waals surface area contributed by atoms with Crippen molar-refractivity contribution in [1.82, 2.24) is 10.1 Å². The van der Waals surface area contributed by atoms with Gasteiger partial charge in [0.1, 0.15) is 12.2 Å². The summed E-state index contributed by atoms with van der Waals surface area (Å²) in [6, 6.07) is 0. The first kappa shape index (κ1) is 23.4. The molecule has 0 unspecified atom stereocenters. The normalized spacial score (nSPS) is 28.1. The van der Waals surface area contributed by atoms with Crippen LogP contribution in [0.4, 0.5) is 4.79 Å². The smallest absolute Gasteiger partial charge is 0.431 e. The van der Waals surface area contributed by atoms with Crippen molar-refractivity contribution in [2.75, 3.05) is 14.2 Å². The summed E-state index contributed by atoms with van der Waals surface area (Å²) >= 11 is 0. The highest BCUT2D eigenvalue weighted by molar-refractivity contribution is 5.60. The van der Waals surface area contributed by atoms with E-state index < -0.39 is 6.16 Å². The van der Waals surface area contributed by atoms with Gasteiger partial charge in [0.25, 0.3) is 0 Å². The molecule has 0 aromatic rings. The van der Waals surface area contributed by atoms with Gasteiger partial charge in [-0.1, -0.05) is 0 Å². The van der Waals surface area contributed by atoms with Gasteiger partial charge in [-0.2, -0.15) is 10.1 Å². The quantitative estimate of drug-likeness (QED) is 0.652. The van der Waals surface area contributed by atoms with Crippen molar-refractivity contribution in [3.63, 3.8) is 0 Å². The van der Waals surface area contributed by atoms with Crippen LogP contribution in [0.15, 0.2) is 0 Å². The summed E-state index contributed by atoms with van der Waals surface area (Å²) in [4.78, 5) is 23.8. The van der Waals surface area contributed by atoms with Crippen LogP contribution in [0.2, 0.25) is 0 Å². The average Bonchev–Trinajstić information content (AvgIpc) is 2.41. The molecule has 2 fully saturated rings. The monoisotopic (exact) mass is 400 g/mol. The second-order valence-electron chi connectivity index (χ2n) is 10.7. The molecule has 0 aliphatic carbocycles. The molecule has 0 N–H and O–H groups in total. The van der Waals surface area contributed by atoms with E-state index in [0.717, 1.165) is 0 Å². The summed E-state index contributed by atoms with van der Waals surface area (Å²) in [5.74, 6) is 0. The summed E-state index contributed by atoms with van der Waals surface area (Å²) in [6.07, 6.45) is 1.78. The minimum Gasteiger partial charge on any atom is -0.431 e. The highest BCUT2D eigenvalue weighted by Gasteiger charge is 2.49. The van der Waals surface area contributed by atoms with E-state index in [1.165, 1.54) is 0 Å². The lowest BCUT2D eigenvalue weighted by atomic mass is 9.80. The largest absolute Gasteiger partial charge is 0.508 e. The Morgan fingerprint density at radius 1 is 0.643 bits per heavy atom. The summed E-state index contributed by atoms with van der Waals surface area (Å²) in [7, 11) is 3.38. The Bertz CT molecular complexity index is 489. The fourth-order valence-corrected chi connectivity index (χ4v) is 5.80. The molecule has 0 amide bonds. The van der Waals surface area contributed by atoms with Crippen molar-refractivity contribution >= 4 is 6.16 Å². The number of carbonyl (C=O) groups excluding carboxylic acids is 1. The maximum atomic E-state index is 12.6. The lowest BCUT2D eigenvalue weighted by Gasteiger charge is -2.53. The van der Waals surface area contributed by atoms with Crippen molar-refractivity contribution in [3.8, 4) is 0 Å². The van der Waals surface area contributed by atoms with Gasteiger partial charge in [0, 0.05) is 47.8 Å². The Balaban J connectivity index is 2.01. The van der Waals surface area contributed by atoms with Crippen molar-refractivity contribution in [2.45, 2.75) is 115 Å². The predicted molar refractivity (Wildman–Crippen MR) is 108 cm³/mol. The van der Waals surface area contributed by atoms with Crippen LogP contribution in [0, 0.1) is 0 Å². The number of piperidine rings is 2. The summed E-state index contributed by atoms with van der Waals surface area (Å²) < 4.78 is 11.5. The van der Waals surface area contributed by atoms with E-state index in [1.54, 1.807) is 14.2 Å². The molecular weight excluding hydrogens is 360 g/mol. The maximum Gasteiger partial charge on any atom is 0.508 e. The third-order valence-electron chi connectivity index (χ3n) is 6.00. The molecule has 2 heterocycles. The van der Waals surface area contributed by atoms with Crippen LogP contribution in [0.3, 0.4) is 0 Å². The van der Waals surface area contributed by atoms with Crippen LogP contribution in [-0.4, -0.2) is 64.9 Å². The first-order valence-electron chi connectivity index (χ1n) is 10.2. The second kappa shape index (κ2) is 7.74. The van der Waals surface area contributed by atoms with Crippen molar-refractivity contribution in [2.24, 2.45) is 0 Å². The van der Waals surface area contributed by atoms with Crippen LogP contribution < -0.4 is 0 Å². The van der Waals surface area contributed by atoms with E-state index in [2.05, 4.69) is 55.4 Å². The van der Waals surface area contributed by atoms with Gasteiger partial charge in [0.2, 0.25) is 0 Å². The molecule has 0 atom stereocenters. The number of ether oxygens (including phenoxy) is 2. The summed E-state index contributed by atoms with van der Waals surface area (Å²) in [5.41, 5.74) is -0.963. The van der Waals surface area contributed by atoms with Crippen molar-refractivity contribution in [3.05, 3.63) is 0 Å². The zero-order valence-corrected chi connectivity index (χ0v) is 19.4. The van der Waals surface area contributed by atoms with E-state index >= 15 is 0 Å². The van der Waals surface area contributed by atoms with Gasteiger partial charge in [0.15, 0.2) is 0 Å². The highest BCUT2D eigenvalue weighted by Crippen LogP contribution is 2.41. The lowest BCUT2D eigenvalue weighted by Crippen LogP contribution is -2.62. The summed E-state index contributed by atoms with van der Waals surface area (Å²) in [6.45, 7) is 16.8. The predicted octanol–water partition coefficient (Wildman–Crippen LogP) is 4.31. The van der Waals surface area contributed by atoms with E-state index in [1.807, 2.05) is 10.1 Å². The minimum absolute atomic E-state index is 0.205. The molecule has 2 aliphatic rings. The molecule has 0 aromatic heterocycles. The van der Waals surface area contributed by atoms with E-state index in [-0.39, 0.29) is 34.4 Å². The number of nitrogens with zero attached hydrogens (tertiary/aromatic N) is 2. The molecule has 2 rings (SSSR count). The Kier molecular flexibility index (Phi) is 6.47. The fourth-order valence-electron chi connectivity index (χ4n) is 5.80. The first-order valence-corrected chi connectivity index (χ1v) is 10.2. The number of rotatable bonds is 4. The fraction of sp³-hybridized carbons (Fsp3) is 0.952. The zero-order valence-electron chi connectivity index (χ0n) is 19.4. The maximum absolute atomic E-state index is 12.6. The molecule has 7 nitrogen and oxygen atoms in total. The number of hydrogen-bond acceptors (Lipinski definition) is 7. The van der Waals surface area contributed by atoms with Crippen LogP contribution in [0.1, 0.15) is 81.1 Å². The van der Waals surface area contributed by atoms with Gasteiger partial charge in [-0.05, 0) is 55.4 Å². The SMILES string of the molecule is CON1C(C)(C)CC(OC(=O)OC2CC(C)(C)N(OC)C(C)(C)C2)CC1(C)C. The van der Waals surface area contributed by atoms with Crippen LogP contribution in [0.5, 0.6) is 0 Å². The van der Waals surface area contributed by atoms with Crippen LogP contribution in [0.25, 0.3) is 0 Å². The molecule has 0 spiro atoms. The number of hydrogen-bond donors (Lipinski definition) is 0. The van der Waals surface area contributed by atoms with Crippen molar-refractivity contribution < 1.29 is 23.9 Å². The third kappa shape index (κ3) is 4.81. The molecule has 0 aromatic carbocycles.